The zero-order valence-corrected chi connectivity index (χ0v) is 16.5. The third-order valence-electron chi connectivity index (χ3n) is 4.54. The number of carbonyl (C=O) groups is 2. The quantitative estimate of drug-likeness (QED) is 0.843. The molecule has 5 nitrogen and oxygen atoms in total. The van der Waals surface area contributed by atoms with Crippen LogP contribution in [0.3, 0.4) is 0 Å². The average molecular weight is 365 g/mol. The predicted octanol–water partition coefficient (Wildman–Crippen LogP) is 3.07. The molecule has 25 heavy (non-hydrogen) atoms. The Bertz CT molecular complexity index is 633. The van der Waals surface area contributed by atoms with Crippen LogP contribution in [0.4, 0.5) is 0 Å². The number of carbonyl (C=O) groups excluding carboxylic acids is 2. The van der Waals surface area contributed by atoms with Gasteiger partial charge in [0.1, 0.15) is 11.8 Å². The van der Waals surface area contributed by atoms with Crippen molar-refractivity contribution in [1.82, 2.24) is 10.2 Å². The molecule has 1 aromatic carbocycles. The second kappa shape index (κ2) is 8.61. The van der Waals surface area contributed by atoms with E-state index >= 15 is 0 Å². The highest BCUT2D eigenvalue weighted by Crippen LogP contribution is 2.26. The number of amides is 2. The fraction of sp³-hybridized carbons (Fsp3) is 0.579. The first-order valence-electron chi connectivity index (χ1n) is 8.77. The summed E-state index contributed by atoms with van der Waals surface area (Å²) >= 11 is 1.61. The Labute approximate surface area is 154 Å². The molecule has 1 aromatic rings. The van der Waals surface area contributed by atoms with Crippen LogP contribution in [0.1, 0.15) is 43.6 Å². The van der Waals surface area contributed by atoms with E-state index in [9.17, 15) is 9.59 Å². The van der Waals surface area contributed by atoms with Crippen LogP contribution in [0, 0.1) is 12.8 Å². The molecule has 1 heterocycles. The third kappa shape index (κ3) is 4.69. The molecule has 1 aliphatic heterocycles. The van der Waals surface area contributed by atoms with Crippen molar-refractivity contribution in [2.24, 2.45) is 5.92 Å². The summed E-state index contributed by atoms with van der Waals surface area (Å²) in [4.78, 5) is 27.1. The van der Waals surface area contributed by atoms with Gasteiger partial charge in [-0.2, -0.15) is 0 Å². The number of benzene rings is 1. The molecule has 2 atom stereocenters. The van der Waals surface area contributed by atoms with Gasteiger partial charge in [0.15, 0.2) is 0 Å². The van der Waals surface area contributed by atoms with Crippen LogP contribution in [-0.4, -0.2) is 47.0 Å². The van der Waals surface area contributed by atoms with Gasteiger partial charge in [0.2, 0.25) is 5.91 Å². The van der Waals surface area contributed by atoms with Crippen molar-refractivity contribution in [2.75, 3.05) is 18.2 Å². The molecular formula is C19H28N2O3S. The summed E-state index contributed by atoms with van der Waals surface area (Å²) in [6.45, 7) is 10.6. The molecule has 0 saturated carbocycles. The molecule has 1 saturated heterocycles. The highest BCUT2D eigenvalue weighted by molar-refractivity contribution is 7.99. The lowest BCUT2D eigenvalue weighted by Gasteiger charge is -2.26. The number of rotatable bonds is 6. The Morgan fingerprint density at radius 2 is 2.08 bits per heavy atom. The van der Waals surface area contributed by atoms with Crippen LogP contribution in [0.2, 0.25) is 0 Å². The largest absolute Gasteiger partial charge is 0.494 e. The molecule has 0 radical (unpaired) electrons. The summed E-state index contributed by atoms with van der Waals surface area (Å²) in [6, 6.07) is 5.11. The van der Waals surface area contributed by atoms with Crippen molar-refractivity contribution in [3.8, 4) is 5.75 Å². The minimum Gasteiger partial charge on any atom is -0.494 e. The predicted molar refractivity (Wildman–Crippen MR) is 102 cm³/mol. The molecule has 0 bridgehead atoms. The number of nitrogens with one attached hydrogen (secondary N) is 1. The standard InChI is InChI=1S/C19H28N2O3S/c1-6-24-17-8-7-15(9-13(17)4)19(23)21-11-25-10-16(21)18(22)20-14(5)12(2)3/h7-9,12,14,16H,6,10-11H2,1-5H3,(H,20,22). The zero-order chi connectivity index (χ0) is 18.6. The van der Waals surface area contributed by atoms with Crippen LogP contribution >= 0.6 is 11.8 Å². The lowest BCUT2D eigenvalue weighted by Crippen LogP contribution is -2.50. The summed E-state index contributed by atoms with van der Waals surface area (Å²) in [6.07, 6.45) is 0. The highest BCUT2D eigenvalue weighted by Gasteiger charge is 2.35. The van der Waals surface area contributed by atoms with Gasteiger partial charge in [-0.25, -0.2) is 0 Å². The van der Waals surface area contributed by atoms with Crippen molar-refractivity contribution < 1.29 is 14.3 Å². The SMILES string of the molecule is CCOc1ccc(C(=O)N2CSCC2C(=O)NC(C)C(C)C)cc1C. The number of thioether (sulfide) groups is 1. The van der Waals surface area contributed by atoms with Crippen LogP contribution in [0.15, 0.2) is 18.2 Å². The van der Waals surface area contributed by atoms with Crippen LogP contribution in [-0.2, 0) is 4.79 Å². The van der Waals surface area contributed by atoms with Crippen molar-refractivity contribution >= 4 is 23.6 Å². The highest BCUT2D eigenvalue weighted by atomic mass is 32.2. The second-order valence-electron chi connectivity index (χ2n) is 6.75. The summed E-state index contributed by atoms with van der Waals surface area (Å²) in [7, 11) is 0. The number of nitrogens with zero attached hydrogens (tertiary/aromatic N) is 1. The zero-order valence-electron chi connectivity index (χ0n) is 15.7. The molecule has 6 heteroatoms. The minimum atomic E-state index is -0.412. The monoisotopic (exact) mass is 364 g/mol. The number of aryl methyl sites for hydroxylation is 1. The number of ether oxygens (including phenoxy) is 1. The van der Waals surface area contributed by atoms with Gasteiger partial charge in [-0.15, -0.1) is 11.8 Å². The van der Waals surface area contributed by atoms with Crippen molar-refractivity contribution in [3.63, 3.8) is 0 Å². The van der Waals surface area contributed by atoms with E-state index in [0.717, 1.165) is 11.3 Å². The van der Waals surface area contributed by atoms with Gasteiger partial charge in [-0.05, 0) is 50.5 Å². The molecule has 0 aliphatic carbocycles. The second-order valence-corrected chi connectivity index (χ2v) is 7.74. The molecule has 0 spiro atoms. The average Bonchev–Trinajstić information content (AvgIpc) is 3.05. The van der Waals surface area contributed by atoms with Crippen molar-refractivity contribution in [3.05, 3.63) is 29.3 Å². The summed E-state index contributed by atoms with van der Waals surface area (Å²) in [5.41, 5.74) is 1.52. The molecule has 138 valence electrons. The number of hydrogen-bond donors (Lipinski definition) is 1. The van der Waals surface area contributed by atoms with Crippen LogP contribution < -0.4 is 10.1 Å². The van der Waals surface area contributed by atoms with Crippen LogP contribution in [0.25, 0.3) is 0 Å². The fourth-order valence-corrected chi connectivity index (χ4v) is 3.77. The third-order valence-corrected chi connectivity index (χ3v) is 5.55. The fourth-order valence-electron chi connectivity index (χ4n) is 2.61. The first-order chi connectivity index (χ1) is 11.8. The van der Waals surface area contributed by atoms with E-state index < -0.39 is 6.04 Å². The Kier molecular flexibility index (Phi) is 6.76. The summed E-state index contributed by atoms with van der Waals surface area (Å²) in [5, 5.41) is 3.03. The lowest BCUT2D eigenvalue weighted by atomic mass is 10.1. The van der Waals surface area contributed by atoms with Gasteiger partial charge in [0.05, 0.1) is 12.5 Å². The van der Waals surface area contributed by atoms with Gasteiger partial charge < -0.3 is 15.0 Å². The Morgan fingerprint density at radius 3 is 2.68 bits per heavy atom. The minimum absolute atomic E-state index is 0.0674. The van der Waals surface area contributed by atoms with Gasteiger partial charge >= 0.3 is 0 Å². The van der Waals surface area contributed by atoms with E-state index in [1.807, 2.05) is 32.9 Å². The molecule has 1 fully saturated rings. The van der Waals surface area contributed by atoms with Crippen molar-refractivity contribution in [2.45, 2.75) is 46.7 Å². The maximum atomic E-state index is 12.9. The lowest BCUT2D eigenvalue weighted by molar-refractivity contribution is -0.125. The van der Waals surface area contributed by atoms with Gasteiger partial charge in [0, 0.05) is 17.4 Å². The van der Waals surface area contributed by atoms with Gasteiger partial charge in [-0.1, -0.05) is 13.8 Å². The van der Waals surface area contributed by atoms with E-state index in [1.165, 1.54) is 0 Å². The van der Waals surface area contributed by atoms with Crippen molar-refractivity contribution in [1.29, 1.82) is 0 Å². The molecular weight excluding hydrogens is 336 g/mol. The summed E-state index contributed by atoms with van der Waals surface area (Å²) < 4.78 is 5.53. The van der Waals surface area contributed by atoms with E-state index in [1.54, 1.807) is 22.7 Å². The maximum absolute atomic E-state index is 12.9. The normalized spacial score (nSPS) is 18.3. The topological polar surface area (TPSA) is 58.6 Å². The van der Waals surface area contributed by atoms with E-state index in [0.29, 0.717) is 29.7 Å². The Balaban J connectivity index is 2.12. The first kappa shape index (κ1) is 19.6. The van der Waals surface area contributed by atoms with E-state index in [4.69, 9.17) is 4.74 Å². The van der Waals surface area contributed by atoms with Gasteiger partial charge in [-0.3, -0.25) is 9.59 Å². The number of hydrogen-bond acceptors (Lipinski definition) is 4. The molecule has 2 rings (SSSR count). The summed E-state index contributed by atoms with van der Waals surface area (Å²) in [5.74, 6) is 2.15. The van der Waals surface area contributed by atoms with E-state index in [-0.39, 0.29) is 17.9 Å². The Hall–Kier alpha value is -1.69. The van der Waals surface area contributed by atoms with Crippen LogP contribution in [0.5, 0.6) is 5.75 Å². The van der Waals surface area contributed by atoms with E-state index in [2.05, 4.69) is 19.2 Å². The van der Waals surface area contributed by atoms with Gasteiger partial charge in [0.25, 0.3) is 5.91 Å². The molecule has 2 unspecified atom stereocenters. The molecule has 0 aromatic heterocycles. The molecule has 1 N–H and O–H groups in total. The first-order valence-corrected chi connectivity index (χ1v) is 9.93. The maximum Gasteiger partial charge on any atom is 0.255 e. The molecule has 1 aliphatic rings. The molecule has 2 amide bonds. The smallest absolute Gasteiger partial charge is 0.255 e. The Morgan fingerprint density at radius 1 is 1.36 bits per heavy atom.